The Hall–Kier alpha value is -0.220. The Kier molecular flexibility index (Phi) is 5.62. The smallest absolute Gasteiger partial charge is 0.307 e. The Balaban J connectivity index is 2.00. The summed E-state index contributed by atoms with van der Waals surface area (Å²) < 4.78 is 5.23. The van der Waals surface area contributed by atoms with E-state index in [1.807, 2.05) is 32.5 Å². The standard InChI is InChI=1S/C12H23NO2S/c1-12(2,3)15-11(14)6-7-13-9-10-5-4-8-16-10/h10,13H,4-9H2,1-3H3. The maximum atomic E-state index is 11.4. The third-order valence-electron chi connectivity index (χ3n) is 2.32. The van der Waals surface area contributed by atoms with Gasteiger partial charge < -0.3 is 10.1 Å². The van der Waals surface area contributed by atoms with E-state index in [4.69, 9.17) is 4.74 Å². The molecule has 1 aliphatic heterocycles. The number of ether oxygens (including phenoxy) is 1. The molecule has 16 heavy (non-hydrogen) atoms. The van der Waals surface area contributed by atoms with E-state index in [2.05, 4.69) is 5.32 Å². The average molecular weight is 245 g/mol. The molecule has 1 unspecified atom stereocenters. The summed E-state index contributed by atoms with van der Waals surface area (Å²) in [5.41, 5.74) is -0.363. The third-order valence-corrected chi connectivity index (χ3v) is 3.72. The van der Waals surface area contributed by atoms with E-state index >= 15 is 0 Å². The van der Waals surface area contributed by atoms with Crippen LogP contribution < -0.4 is 5.32 Å². The van der Waals surface area contributed by atoms with Gasteiger partial charge in [0, 0.05) is 18.3 Å². The van der Waals surface area contributed by atoms with E-state index in [9.17, 15) is 4.79 Å². The third kappa shape index (κ3) is 6.38. The summed E-state index contributed by atoms with van der Waals surface area (Å²) >= 11 is 2.03. The highest BCUT2D eigenvalue weighted by atomic mass is 32.2. The van der Waals surface area contributed by atoms with E-state index in [0.29, 0.717) is 6.42 Å². The maximum absolute atomic E-state index is 11.4. The monoisotopic (exact) mass is 245 g/mol. The van der Waals surface area contributed by atoms with Crippen LogP contribution in [0.15, 0.2) is 0 Å². The van der Waals surface area contributed by atoms with Crippen LogP contribution in [-0.4, -0.2) is 35.7 Å². The number of hydrogen-bond donors (Lipinski definition) is 1. The fourth-order valence-electron chi connectivity index (χ4n) is 1.65. The van der Waals surface area contributed by atoms with Gasteiger partial charge in [-0.3, -0.25) is 4.79 Å². The molecule has 0 saturated carbocycles. The van der Waals surface area contributed by atoms with Crippen molar-refractivity contribution in [3.63, 3.8) is 0 Å². The number of nitrogens with one attached hydrogen (secondary N) is 1. The summed E-state index contributed by atoms with van der Waals surface area (Å²) in [6, 6.07) is 0. The number of rotatable bonds is 5. The molecule has 1 saturated heterocycles. The molecule has 0 amide bonds. The second kappa shape index (κ2) is 6.50. The zero-order chi connectivity index (χ0) is 12.0. The van der Waals surface area contributed by atoms with Crippen LogP contribution >= 0.6 is 11.8 Å². The van der Waals surface area contributed by atoms with Crippen molar-refractivity contribution in [2.24, 2.45) is 0 Å². The maximum Gasteiger partial charge on any atom is 0.307 e. The molecule has 4 heteroatoms. The minimum atomic E-state index is -0.363. The molecule has 0 spiro atoms. The van der Waals surface area contributed by atoms with E-state index in [1.54, 1.807) is 0 Å². The lowest BCUT2D eigenvalue weighted by Gasteiger charge is -2.19. The van der Waals surface area contributed by atoms with E-state index in [-0.39, 0.29) is 11.6 Å². The van der Waals surface area contributed by atoms with Crippen molar-refractivity contribution in [3.8, 4) is 0 Å². The zero-order valence-electron chi connectivity index (χ0n) is 10.5. The van der Waals surface area contributed by atoms with Crippen LogP contribution in [0.2, 0.25) is 0 Å². The molecule has 0 radical (unpaired) electrons. The molecule has 3 nitrogen and oxygen atoms in total. The largest absolute Gasteiger partial charge is 0.460 e. The van der Waals surface area contributed by atoms with E-state index in [0.717, 1.165) is 18.3 Å². The van der Waals surface area contributed by atoms with Gasteiger partial charge in [-0.25, -0.2) is 0 Å². The van der Waals surface area contributed by atoms with Gasteiger partial charge in [-0.15, -0.1) is 0 Å². The Labute approximate surface area is 103 Å². The van der Waals surface area contributed by atoms with Gasteiger partial charge in [0.25, 0.3) is 0 Å². The lowest BCUT2D eigenvalue weighted by molar-refractivity contribution is -0.154. The van der Waals surface area contributed by atoms with Crippen molar-refractivity contribution in [1.29, 1.82) is 0 Å². The van der Waals surface area contributed by atoms with E-state index in [1.165, 1.54) is 18.6 Å². The highest BCUT2D eigenvalue weighted by Crippen LogP contribution is 2.25. The molecular weight excluding hydrogens is 222 g/mol. The molecule has 1 N–H and O–H groups in total. The number of carbonyl (C=O) groups is 1. The first kappa shape index (κ1) is 13.8. The number of esters is 1. The van der Waals surface area contributed by atoms with Crippen LogP contribution in [0, 0.1) is 0 Å². The average Bonchev–Trinajstić information content (AvgIpc) is 2.62. The highest BCUT2D eigenvalue weighted by molar-refractivity contribution is 8.00. The number of thioether (sulfide) groups is 1. The SMILES string of the molecule is CC(C)(C)OC(=O)CCNCC1CCCS1. The van der Waals surface area contributed by atoms with Crippen LogP contribution in [-0.2, 0) is 9.53 Å². The molecule has 1 heterocycles. The topological polar surface area (TPSA) is 38.3 Å². The molecule has 0 aromatic carbocycles. The minimum Gasteiger partial charge on any atom is -0.460 e. The predicted octanol–water partition coefficient (Wildman–Crippen LogP) is 2.20. The second-order valence-electron chi connectivity index (χ2n) is 5.18. The lowest BCUT2D eigenvalue weighted by atomic mass is 10.2. The predicted molar refractivity (Wildman–Crippen MR) is 68.8 cm³/mol. The summed E-state index contributed by atoms with van der Waals surface area (Å²) in [4.78, 5) is 11.4. The summed E-state index contributed by atoms with van der Waals surface area (Å²) in [6.45, 7) is 7.44. The lowest BCUT2D eigenvalue weighted by Crippen LogP contribution is -2.29. The molecule has 0 bridgehead atoms. The Morgan fingerprint density at radius 1 is 1.50 bits per heavy atom. The van der Waals surface area contributed by atoms with Gasteiger partial charge in [-0.2, -0.15) is 11.8 Å². The quantitative estimate of drug-likeness (QED) is 0.595. The molecule has 94 valence electrons. The van der Waals surface area contributed by atoms with Crippen molar-refractivity contribution >= 4 is 17.7 Å². The highest BCUT2D eigenvalue weighted by Gasteiger charge is 2.17. The molecule has 0 aromatic heterocycles. The molecule has 1 fully saturated rings. The zero-order valence-corrected chi connectivity index (χ0v) is 11.4. The summed E-state index contributed by atoms with van der Waals surface area (Å²) in [6.07, 6.45) is 3.11. The summed E-state index contributed by atoms with van der Waals surface area (Å²) in [7, 11) is 0. The van der Waals surface area contributed by atoms with Gasteiger partial charge in [0.1, 0.15) is 5.60 Å². The van der Waals surface area contributed by atoms with Crippen LogP contribution in [0.25, 0.3) is 0 Å². The van der Waals surface area contributed by atoms with Crippen LogP contribution in [0.1, 0.15) is 40.0 Å². The first-order valence-electron chi connectivity index (χ1n) is 6.01. The molecule has 1 aliphatic rings. The van der Waals surface area contributed by atoms with Crippen molar-refractivity contribution in [2.75, 3.05) is 18.8 Å². The van der Waals surface area contributed by atoms with Crippen LogP contribution in [0.3, 0.4) is 0 Å². The first-order valence-corrected chi connectivity index (χ1v) is 7.06. The molecule has 1 rings (SSSR count). The van der Waals surface area contributed by atoms with E-state index < -0.39 is 0 Å². The Morgan fingerprint density at radius 3 is 2.81 bits per heavy atom. The number of hydrogen-bond acceptors (Lipinski definition) is 4. The van der Waals surface area contributed by atoms with Gasteiger partial charge in [0.05, 0.1) is 6.42 Å². The van der Waals surface area contributed by atoms with Crippen molar-refractivity contribution < 1.29 is 9.53 Å². The summed E-state index contributed by atoms with van der Waals surface area (Å²) in [5.74, 6) is 1.18. The van der Waals surface area contributed by atoms with Crippen LogP contribution in [0.4, 0.5) is 0 Å². The normalized spacial score (nSPS) is 21.1. The van der Waals surface area contributed by atoms with Crippen LogP contribution in [0.5, 0.6) is 0 Å². The van der Waals surface area contributed by atoms with Gasteiger partial charge in [-0.1, -0.05) is 0 Å². The second-order valence-corrected chi connectivity index (χ2v) is 6.58. The Morgan fingerprint density at radius 2 is 2.25 bits per heavy atom. The molecule has 1 atom stereocenters. The summed E-state index contributed by atoms with van der Waals surface area (Å²) in [5, 5.41) is 4.07. The molecule has 0 aliphatic carbocycles. The molecule has 0 aromatic rings. The first-order chi connectivity index (χ1) is 7.47. The fraction of sp³-hybridized carbons (Fsp3) is 0.917. The van der Waals surface area contributed by atoms with Gasteiger partial charge in [0.2, 0.25) is 0 Å². The van der Waals surface area contributed by atoms with Crippen molar-refractivity contribution in [3.05, 3.63) is 0 Å². The van der Waals surface area contributed by atoms with Gasteiger partial charge >= 0.3 is 5.97 Å². The fourth-order valence-corrected chi connectivity index (χ4v) is 2.89. The minimum absolute atomic E-state index is 0.112. The van der Waals surface area contributed by atoms with Gasteiger partial charge in [0.15, 0.2) is 0 Å². The van der Waals surface area contributed by atoms with Crippen molar-refractivity contribution in [1.82, 2.24) is 5.32 Å². The Bertz CT molecular complexity index is 220. The van der Waals surface area contributed by atoms with Crippen molar-refractivity contribution in [2.45, 2.75) is 50.9 Å². The van der Waals surface area contributed by atoms with Gasteiger partial charge in [-0.05, 0) is 39.4 Å². The number of carbonyl (C=O) groups excluding carboxylic acids is 1. The molecular formula is C12H23NO2S.